The first-order valence-corrected chi connectivity index (χ1v) is 6.81. The summed E-state index contributed by atoms with van der Waals surface area (Å²) in [6, 6.07) is 2.08. The van der Waals surface area contributed by atoms with E-state index in [0.29, 0.717) is 11.6 Å². The van der Waals surface area contributed by atoms with Crippen molar-refractivity contribution in [2.45, 2.75) is 32.8 Å². The fraction of sp³-hybridized carbons (Fsp3) is 0.500. The van der Waals surface area contributed by atoms with Crippen molar-refractivity contribution < 1.29 is 4.74 Å². The van der Waals surface area contributed by atoms with E-state index in [1.54, 1.807) is 18.4 Å². The van der Waals surface area contributed by atoms with E-state index in [2.05, 4.69) is 23.0 Å². The van der Waals surface area contributed by atoms with Crippen LogP contribution < -0.4 is 0 Å². The Kier molecular flexibility index (Phi) is 3.97. The fourth-order valence-electron chi connectivity index (χ4n) is 1.58. The monoisotopic (exact) mass is 270 g/mol. The van der Waals surface area contributed by atoms with Crippen LogP contribution in [0.4, 0.5) is 0 Å². The Morgan fingerprint density at radius 2 is 2.24 bits per heavy atom. The summed E-state index contributed by atoms with van der Waals surface area (Å²) < 4.78 is 5.21. The molecule has 17 heavy (non-hydrogen) atoms. The van der Waals surface area contributed by atoms with E-state index < -0.39 is 0 Å². The van der Waals surface area contributed by atoms with Gasteiger partial charge in [-0.25, -0.2) is 9.97 Å². The lowest BCUT2D eigenvalue weighted by atomic mass is 10.2. The summed E-state index contributed by atoms with van der Waals surface area (Å²) in [4.78, 5) is 11.1. The van der Waals surface area contributed by atoms with Gasteiger partial charge in [-0.15, -0.1) is 11.3 Å². The van der Waals surface area contributed by atoms with Crippen molar-refractivity contribution in [3.8, 4) is 0 Å². The highest BCUT2D eigenvalue weighted by atomic mass is 35.5. The van der Waals surface area contributed by atoms with Crippen LogP contribution in [0.15, 0.2) is 6.07 Å². The molecule has 0 aliphatic heterocycles. The molecule has 0 radical (unpaired) electrons. The fourth-order valence-corrected chi connectivity index (χ4v) is 2.87. The Hall–Kier alpha value is -0.710. The predicted molar refractivity (Wildman–Crippen MR) is 72.0 cm³/mol. The van der Waals surface area contributed by atoms with Crippen molar-refractivity contribution in [2.75, 3.05) is 7.11 Å². The molecule has 0 saturated carbocycles. The lowest BCUT2D eigenvalue weighted by Gasteiger charge is -2.07. The highest BCUT2D eigenvalue weighted by Crippen LogP contribution is 2.29. The van der Waals surface area contributed by atoms with E-state index in [9.17, 15) is 0 Å². The summed E-state index contributed by atoms with van der Waals surface area (Å²) in [5, 5.41) is 1.51. The molecule has 1 atom stereocenters. The molecule has 0 bridgehead atoms. The third-order valence-corrected chi connectivity index (χ3v) is 4.13. The number of fused-ring (bicyclic) bond motifs is 1. The van der Waals surface area contributed by atoms with Gasteiger partial charge in [-0.1, -0.05) is 18.5 Å². The van der Waals surface area contributed by atoms with Crippen LogP contribution in [0.25, 0.3) is 10.2 Å². The van der Waals surface area contributed by atoms with Gasteiger partial charge in [0.2, 0.25) is 0 Å². The molecule has 2 heterocycles. The maximum Gasteiger partial charge on any atom is 0.141 e. The van der Waals surface area contributed by atoms with Crippen LogP contribution >= 0.6 is 22.9 Å². The van der Waals surface area contributed by atoms with E-state index in [1.165, 1.54) is 4.88 Å². The Bertz CT molecular complexity index is 526. The number of thiophene rings is 1. The second-order valence-electron chi connectivity index (χ2n) is 3.97. The quantitative estimate of drug-likeness (QED) is 0.798. The van der Waals surface area contributed by atoms with Gasteiger partial charge in [0.1, 0.15) is 15.8 Å². The molecule has 0 aliphatic carbocycles. The van der Waals surface area contributed by atoms with Gasteiger partial charge in [0.25, 0.3) is 0 Å². The molecule has 2 aromatic heterocycles. The molecule has 3 nitrogen and oxygen atoms in total. The highest BCUT2D eigenvalue weighted by Gasteiger charge is 2.11. The molecular formula is C12H15ClN2OS. The zero-order valence-corrected chi connectivity index (χ0v) is 11.7. The maximum absolute atomic E-state index is 6.17. The minimum Gasteiger partial charge on any atom is -0.381 e. The molecule has 0 N–H and O–H groups in total. The van der Waals surface area contributed by atoms with Gasteiger partial charge in [0.05, 0.1) is 6.10 Å². The number of ether oxygens (including phenoxy) is 1. The largest absolute Gasteiger partial charge is 0.381 e. The summed E-state index contributed by atoms with van der Waals surface area (Å²) in [5.41, 5.74) is 0. The molecule has 0 amide bonds. The van der Waals surface area contributed by atoms with Crippen LogP contribution in [0.5, 0.6) is 0 Å². The SMILES string of the molecule is CCc1cc2c(Cl)nc(CC(C)OC)nc2s1. The van der Waals surface area contributed by atoms with Gasteiger partial charge in [0, 0.05) is 23.8 Å². The van der Waals surface area contributed by atoms with Crippen molar-refractivity contribution in [2.24, 2.45) is 0 Å². The topological polar surface area (TPSA) is 35.0 Å². The standard InChI is InChI=1S/C12H15ClN2OS/c1-4-8-6-9-11(13)14-10(5-7(2)16-3)15-12(9)17-8/h6-7H,4-5H2,1-3H3. The Morgan fingerprint density at radius 3 is 2.88 bits per heavy atom. The van der Waals surface area contributed by atoms with Crippen LogP contribution in [0.1, 0.15) is 24.5 Å². The molecular weight excluding hydrogens is 256 g/mol. The number of aryl methyl sites for hydroxylation is 1. The van der Waals surface area contributed by atoms with Crippen molar-refractivity contribution in [3.05, 3.63) is 21.9 Å². The van der Waals surface area contributed by atoms with Gasteiger partial charge in [-0.05, 0) is 19.4 Å². The molecule has 0 aromatic carbocycles. The molecule has 0 spiro atoms. The minimum atomic E-state index is 0.106. The number of aromatic nitrogens is 2. The third-order valence-electron chi connectivity index (χ3n) is 2.66. The summed E-state index contributed by atoms with van der Waals surface area (Å²) >= 11 is 7.86. The molecule has 92 valence electrons. The Labute approximate surface area is 110 Å². The summed E-state index contributed by atoms with van der Waals surface area (Å²) in [6.07, 6.45) is 1.79. The number of halogens is 1. The number of nitrogens with zero attached hydrogens (tertiary/aromatic N) is 2. The summed E-state index contributed by atoms with van der Waals surface area (Å²) in [6.45, 7) is 4.12. The molecule has 2 rings (SSSR count). The first-order chi connectivity index (χ1) is 8.13. The summed E-state index contributed by atoms with van der Waals surface area (Å²) in [7, 11) is 1.69. The first kappa shape index (κ1) is 12.7. The lowest BCUT2D eigenvalue weighted by Crippen LogP contribution is -2.11. The van der Waals surface area contributed by atoms with Gasteiger partial charge in [-0.2, -0.15) is 0 Å². The minimum absolute atomic E-state index is 0.106. The second kappa shape index (κ2) is 5.29. The zero-order chi connectivity index (χ0) is 12.4. The molecule has 0 aliphatic rings. The van der Waals surface area contributed by atoms with Gasteiger partial charge in [-0.3, -0.25) is 0 Å². The first-order valence-electron chi connectivity index (χ1n) is 5.61. The lowest BCUT2D eigenvalue weighted by molar-refractivity contribution is 0.117. The maximum atomic E-state index is 6.17. The average Bonchev–Trinajstić information content (AvgIpc) is 2.72. The van der Waals surface area contributed by atoms with E-state index in [4.69, 9.17) is 16.3 Å². The Balaban J connectivity index is 2.40. The van der Waals surface area contributed by atoms with Crippen LogP contribution in [-0.4, -0.2) is 23.2 Å². The van der Waals surface area contributed by atoms with Crippen molar-refractivity contribution in [3.63, 3.8) is 0 Å². The average molecular weight is 271 g/mol. The van der Waals surface area contributed by atoms with Gasteiger partial charge >= 0.3 is 0 Å². The number of rotatable bonds is 4. The smallest absolute Gasteiger partial charge is 0.141 e. The molecule has 0 fully saturated rings. The summed E-state index contributed by atoms with van der Waals surface area (Å²) in [5.74, 6) is 0.751. The van der Waals surface area contributed by atoms with E-state index >= 15 is 0 Å². The van der Waals surface area contributed by atoms with Crippen LogP contribution in [-0.2, 0) is 17.6 Å². The number of hydrogen-bond acceptors (Lipinski definition) is 4. The second-order valence-corrected chi connectivity index (χ2v) is 5.44. The van der Waals surface area contributed by atoms with E-state index in [-0.39, 0.29) is 6.10 Å². The zero-order valence-electron chi connectivity index (χ0n) is 10.2. The van der Waals surface area contributed by atoms with Crippen LogP contribution in [0.3, 0.4) is 0 Å². The van der Waals surface area contributed by atoms with E-state index in [1.807, 2.05) is 6.92 Å². The van der Waals surface area contributed by atoms with Gasteiger partial charge in [0.15, 0.2) is 0 Å². The molecule has 1 unspecified atom stereocenters. The van der Waals surface area contributed by atoms with E-state index in [0.717, 1.165) is 22.5 Å². The number of hydrogen-bond donors (Lipinski definition) is 0. The molecule has 5 heteroatoms. The van der Waals surface area contributed by atoms with Crippen LogP contribution in [0.2, 0.25) is 5.15 Å². The molecule has 0 saturated heterocycles. The Morgan fingerprint density at radius 1 is 1.47 bits per heavy atom. The van der Waals surface area contributed by atoms with Crippen molar-refractivity contribution >= 4 is 33.2 Å². The predicted octanol–water partition coefficient (Wildman–Crippen LogP) is 3.48. The normalized spacial score (nSPS) is 13.2. The molecule has 2 aromatic rings. The highest BCUT2D eigenvalue weighted by molar-refractivity contribution is 7.18. The third kappa shape index (κ3) is 2.76. The van der Waals surface area contributed by atoms with Crippen molar-refractivity contribution in [1.82, 2.24) is 9.97 Å². The van der Waals surface area contributed by atoms with Crippen molar-refractivity contribution in [1.29, 1.82) is 0 Å². The van der Waals surface area contributed by atoms with Gasteiger partial charge < -0.3 is 4.74 Å². The number of methoxy groups -OCH3 is 1. The van der Waals surface area contributed by atoms with Crippen LogP contribution in [0, 0.1) is 0 Å².